The summed E-state index contributed by atoms with van der Waals surface area (Å²) < 4.78 is 6.05. The molecule has 2 rings (SSSR count). The molecule has 1 aromatic heterocycles. The first kappa shape index (κ1) is 14.2. The first-order valence-corrected chi connectivity index (χ1v) is 7.01. The van der Waals surface area contributed by atoms with Gasteiger partial charge in [0.25, 0.3) is 5.88 Å². The van der Waals surface area contributed by atoms with Crippen LogP contribution in [0, 0.1) is 10.1 Å². The van der Waals surface area contributed by atoms with Gasteiger partial charge in [-0.25, -0.2) is 4.98 Å². The van der Waals surface area contributed by atoms with E-state index in [-0.39, 0.29) is 23.7 Å². The maximum Gasteiger partial charge on any atom is 0.332 e. The summed E-state index contributed by atoms with van der Waals surface area (Å²) in [4.78, 5) is 14.4. The van der Waals surface area contributed by atoms with Crippen LogP contribution in [0.2, 0.25) is 0 Å². The minimum atomic E-state index is -0.503. The van der Waals surface area contributed by atoms with Gasteiger partial charge in [0.15, 0.2) is 0 Å². The Kier molecular flexibility index (Phi) is 4.36. The van der Waals surface area contributed by atoms with Gasteiger partial charge in [-0.3, -0.25) is 10.1 Å². The van der Waals surface area contributed by atoms with Crippen LogP contribution < -0.4 is 10.5 Å². The van der Waals surface area contributed by atoms with Gasteiger partial charge in [-0.15, -0.1) is 0 Å². The lowest BCUT2D eigenvalue weighted by atomic mass is 9.83. The van der Waals surface area contributed by atoms with Gasteiger partial charge in [0.2, 0.25) is 0 Å². The zero-order chi connectivity index (χ0) is 13.9. The Morgan fingerprint density at radius 1 is 1.47 bits per heavy atom. The van der Waals surface area contributed by atoms with E-state index in [0.29, 0.717) is 4.47 Å². The van der Waals surface area contributed by atoms with Crippen molar-refractivity contribution in [2.45, 2.75) is 37.6 Å². The molecule has 0 aliphatic heterocycles. The Morgan fingerprint density at radius 2 is 2.16 bits per heavy atom. The smallest absolute Gasteiger partial charge is 0.332 e. The van der Waals surface area contributed by atoms with E-state index in [4.69, 9.17) is 10.5 Å². The third-order valence-corrected chi connectivity index (χ3v) is 3.77. The lowest BCUT2D eigenvalue weighted by Crippen LogP contribution is -2.47. The summed E-state index contributed by atoms with van der Waals surface area (Å²) in [6.07, 6.45) is 6.60. The van der Waals surface area contributed by atoms with E-state index in [2.05, 4.69) is 20.9 Å². The van der Waals surface area contributed by atoms with E-state index in [1.165, 1.54) is 18.7 Å². The van der Waals surface area contributed by atoms with Crippen molar-refractivity contribution in [3.63, 3.8) is 0 Å². The predicted molar refractivity (Wildman–Crippen MR) is 74.1 cm³/mol. The second-order valence-corrected chi connectivity index (χ2v) is 5.86. The van der Waals surface area contributed by atoms with Crippen molar-refractivity contribution in [3.05, 3.63) is 26.9 Å². The molecule has 2 N–H and O–H groups in total. The summed E-state index contributed by atoms with van der Waals surface area (Å²) in [5, 5.41) is 10.9. The fourth-order valence-corrected chi connectivity index (χ4v) is 2.59. The zero-order valence-electron chi connectivity index (χ0n) is 10.5. The number of pyridine rings is 1. The molecule has 1 aliphatic carbocycles. The van der Waals surface area contributed by atoms with Crippen LogP contribution in [0.4, 0.5) is 5.69 Å². The van der Waals surface area contributed by atoms with Gasteiger partial charge in [-0.05, 0) is 28.8 Å². The zero-order valence-corrected chi connectivity index (χ0v) is 12.1. The summed E-state index contributed by atoms with van der Waals surface area (Å²) in [7, 11) is 0. The Morgan fingerprint density at radius 3 is 2.79 bits per heavy atom. The number of nitrogens with two attached hydrogens (primary N) is 1. The molecule has 104 valence electrons. The number of halogens is 1. The molecule has 0 radical (unpaired) electrons. The lowest BCUT2D eigenvalue weighted by Gasteiger charge is -2.32. The van der Waals surface area contributed by atoms with E-state index in [9.17, 15) is 10.1 Å². The highest BCUT2D eigenvalue weighted by molar-refractivity contribution is 9.10. The average molecular weight is 330 g/mol. The summed E-state index contributed by atoms with van der Waals surface area (Å²) in [6, 6.07) is 1.38. The predicted octanol–water partition coefficient (Wildman–Crippen LogP) is 2.79. The molecule has 0 saturated heterocycles. The molecule has 0 spiro atoms. The Labute approximate surface area is 119 Å². The maximum atomic E-state index is 10.9. The van der Waals surface area contributed by atoms with Crippen LogP contribution in [0.5, 0.6) is 5.88 Å². The Hall–Kier alpha value is -1.21. The van der Waals surface area contributed by atoms with E-state index in [1.54, 1.807) is 0 Å². The van der Waals surface area contributed by atoms with E-state index < -0.39 is 4.92 Å². The first-order valence-electron chi connectivity index (χ1n) is 6.22. The van der Waals surface area contributed by atoms with Crippen LogP contribution >= 0.6 is 15.9 Å². The molecular weight excluding hydrogens is 314 g/mol. The molecule has 0 atom stereocenters. The van der Waals surface area contributed by atoms with Crippen molar-refractivity contribution in [2.24, 2.45) is 5.73 Å². The average Bonchev–Trinajstić information content (AvgIpc) is 2.38. The van der Waals surface area contributed by atoms with Crippen LogP contribution in [-0.2, 0) is 0 Å². The second-order valence-electron chi connectivity index (χ2n) is 4.95. The lowest BCUT2D eigenvalue weighted by molar-refractivity contribution is -0.386. The number of ether oxygens (including phenoxy) is 1. The summed E-state index contributed by atoms with van der Waals surface area (Å²) in [5.74, 6) is 0.0311. The minimum absolute atomic E-state index is 0.0311. The van der Waals surface area contributed by atoms with Crippen molar-refractivity contribution in [2.75, 3.05) is 6.61 Å². The molecule has 6 nitrogen and oxygen atoms in total. The first-order chi connectivity index (χ1) is 9.00. The number of aromatic nitrogens is 1. The molecule has 0 bridgehead atoms. The normalized spacial score (nSPS) is 18.0. The van der Waals surface area contributed by atoms with Gasteiger partial charge in [0.05, 0.1) is 10.5 Å². The largest absolute Gasteiger partial charge is 0.471 e. The van der Waals surface area contributed by atoms with Crippen LogP contribution in [0.15, 0.2) is 16.7 Å². The monoisotopic (exact) mass is 329 g/mol. The molecule has 1 saturated carbocycles. The van der Waals surface area contributed by atoms with E-state index in [0.717, 1.165) is 25.7 Å². The van der Waals surface area contributed by atoms with Crippen molar-refractivity contribution < 1.29 is 9.66 Å². The number of nitro groups is 1. The van der Waals surface area contributed by atoms with Crippen molar-refractivity contribution in [1.82, 2.24) is 4.98 Å². The molecular formula is C12H16BrN3O3. The molecule has 1 heterocycles. The third-order valence-electron chi connectivity index (χ3n) is 3.34. The van der Waals surface area contributed by atoms with Crippen molar-refractivity contribution >= 4 is 21.6 Å². The Bertz CT molecular complexity index is 475. The summed E-state index contributed by atoms with van der Waals surface area (Å²) >= 11 is 3.16. The summed E-state index contributed by atoms with van der Waals surface area (Å²) in [6.45, 7) is 0.266. The topological polar surface area (TPSA) is 91.3 Å². The van der Waals surface area contributed by atoms with Crippen LogP contribution in [0.3, 0.4) is 0 Å². The van der Waals surface area contributed by atoms with E-state index in [1.807, 2.05) is 0 Å². The minimum Gasteiger partial charge on any atom is -0.471 e. The summed E-state index contributed by atoms with van der Waals surface area (Å²) in [5.41, 5.74) is 5.70. The third kappa shape index (κ3) is 3.63. The van der Waals surface area contributed by atoms with Crippen LogP contribution in [0.25, 0.3) is 0 Å². The fraction of sp³-hybridized carbons (Fsp3) is 0.583. The van der Waals surface area contributed by atoms with Crippen molar-refractivity contribution in [3.8, 4) is 5.88 Å². The van der Waals surface area contributed by atoms with Crippen molar-refractivity contribution in [1.29, 1.82) is 0 Å². The van der Waals surface area contributed by atoms with Crippen LogP contribution in [0.1, 0.15) is 32.1 Å². The molecule has 7 heteroatoms. The van der Waals surface area contributed by atoms with Gasteiger partial charge in [-0.2, -0.15) is 0 Å². The molecule has 1 aliphatic rings. The standard InChI is InChI=1S/C12H16BrN3O3/c13-9-6-10(16(17)18)11(15-7-9)19-8-12(14)4-2-1-3-5-12/h6-7H,1-5,8,14H2. The highest BCUT2D eigenvalue weighted by Crippen LogP contribution is 2.30. The number of nitrogens with zero attached hydrogens (tertiary/aromatic N) is 2. The number of hydrogen-bond acceptors (Lipinski definition) is 5. The SMILES string of the molecule is NC1(COc2ncc(Br)cc2[N+](=O)[O-])CCCCC1. The fourth-order valence-electron chi connectivity index (χ4n) is 2.27. The van der Waals surface area contributed by atoms with Gasteiger partial charge in [0, 0.05) is 16.7 Å². The molecule has 1 fully saturated rings. The molecule has 1 aromatic rings. The number of hydrogen-bond donors (Lipinski definition) is 1. The molecule has 0 aromatic carbocycles. The second kappa shape index (κ2) is 5.83. The van der Waals surface area contributed by atoms with Gasteiger partial charge in [-0.1, -0.05) is 19.3 Å². The van der Waals surface area contributed by atoms with Crippen LogP contribution in [-0.4, -0.2) is 22.1 Å². The highest BCUT2D eigenvalue weighted by Gasteiger charge is 2.29. The highest BCUT2D eigenvalue weighted by atomic mass is 79.9. The van der Waals surface area contributed by atoms with Gasteiger partial charge >= 0.3 is 5.69 Å². The van der Waals surface area contributed by atoms with Gasteiger partial charge < -0.3 is 10.5 Å². The Balaban J connectivity index is 2.08. The molecule has 0 amide bonds. The maximum absolute atomic E-state index is 10.9. The molecule has 0 unspecified atom stereocenters. The quantitative estimate of drug-likeness (QED) is 0.677. The number of rotatable bonds is 4. The molecule has 19 heavy (non-hydrogen) atoms. The van der Waals surface area contributed by atoms with Gasteiger partial charge in [0.1, 0.15) is 6.61 Å². The van der Waals surface area contributed by atoms with E-state index >= 15 is 0 Å².